The first-order chi connectivity index (χ1) is 12.7. The molecule has 0 aliphatic heterocycles. The molecular weight excluding hydrogens is 328 g/mol. The van der Waals surface area contributed by atoms with Gasteiger partial charge in [-0.25, -0.2) is 0 Å². The van der Waals surface area contributed by atoms with Gasteiger partial charge in [-0.2, -0.15) is 10.4 Å². The molecule has 1 amide bonds. The molecule has 6 heteroatoms. The number of hydrogen-bond donors (Lipinski definition) is 2. The molecular formula is C20H18N4O2. The lowest BCUT2D eigenvalue weighted by atomic mass is 10.1. The zero-order valence-electron chi connectivity index (χ0n) is 14.3. The molecule has 1 atom stereocenters. The minimum absolute atomic E-state index is 0.341. The van der Waals surface area contributed by atoms with Crippen LogP contribution in [0.5, 0.6) is 5.75 Å². The Bertz CT molecular complexity index is 911. The summed E-state index contributed by atoms with van der Waals surface area (Å²) in [6.07, 6.45) is 1.44. The summed E-state index contributed by atoms with van der Waals surface area (Å²) in [7, 11) is 0. The van der Waals surface area contributed by atoms with Gasteiger partial charge >= 0.3 is 0 Å². The number of hydrogen-bond acceptors (Lipinski definition) is 4. The predicted octanol–water partition coefficient (Wildman–Crippen LogP) is 3.29. The molecule has 0 unspecified atom stereocenters. The van der Waals surface area contributed by atoms with Gasteiger partial charge in [-0.1, -0.05) is 42.5 Å². The van der Waals surface area contributed by atoms with Crippen LogP contribution in [0, 0.1) is 18.3 Å². The summed E-state index contributed by atoms with van der Waals surface area (Å²) in [4.78, 5) is 12.2. The van der Waals surface area contributed by atoms with Gasteiger partial charge in [-0.15, -0.1) is 0 Å². The fourth-order valence-electron chi connectivity index (χ4n) is 2.48. The van der Waals surface area contributed by atoms with Crippen molar-refractivity contribution in [3.8, 4) is 11.8 Å². The third-order valence-corrected chi connectivity index (χ3v) is 3.94. The molecule has 0 saturated carbocycles. The van der Waals surface area contributed by atoms with E-state index < -0.39 is 6.04 Å². The molecule has 2 N–H and O–H groups in total. The van der Waals surface area contributed by atoms with E-state index in [1.165, 1.54) is 6.20 Å². The van der Waals surface area contributed by atoms with Gasteiger partial charge in [0.05, 0.1) is 17.8 Å². The highest BCUT2D eigenvalue weighted by Crippen LogP contribution is 2.19. The van der Waals surface area contributed by atoms with E-state index in [9.17, 15) is 10.1 Å². The van der Waals surface area contributed by atoms with E-state index in [1.807, 2.05) is 30.3 Å². The smallest absolute Gasteiger partial charge is 0.256 e. The number of nitrogens with one attached hydrogen (secondary N) is 2. The Hall–Kier alpha value is -3.59. The predicted molar refractivity (Wildman–Crippen MR) is 96.4 cm³/mol. The number of amides is 1. The number of rotatable bonds is 6. The van der Waals surface area contributed by atoms with Crippen LogP contribution in [0.2, 0.25) is 0 Å². The van der Waals surface area contributed by atoms with Gasteiger partial charge in [0, 0.05) is 5.69 Å². The summed E-state index contributed by atoms with van der Waals surface area (Å²) >= 11 is 0. The molecule has 0 spiro atoms. The highest BCUT2D eigenvalue weighted by atomic mass is 16.5. The van der Waals surface area contributed by atoms with Crippen molar-refractivity contribution in [2.75, 3.05) is 0 Å². The average Bonchev–Trinajstić information content (AvgIpc) is 3.12. The van der Waals surface area contributed by atoms with Crippen LogP contribution in [0.15, 0.2) is 60.8 Å². The molecule has 6 nitrogen and oxygen atoms in total. The number of nitrogens with zero attached hydrogens (tertiary/aromatic N) is 2. The van der Waals surface area contributed by atoms with Crippen LogP contribution < -0.4 is 10.1 Å². The number of H-pyrrole nitrogens is 1. The number of carbonyl (C=O) groups is 1. The van der Waals surface area contributed by atoms with E-state index in [4.69, 9.17) is 4.74 Å². The summed E-state index contributed by atoms with van der Waals surface area (Å²) in [5.41, 5.74) is 2.85. The average molecular weight is 346 g/mol. The standard InChI is InChI=1S/C20H18N4O2/c1-14-18(12-22-24-14)20(25)23-19(11-21)16-7-9-17(10-8-16)26-13-15-5-3-2-4-6-15/h2-10,12,19H,13H2,1H3,(H,22,24)(H,23,25)/t19-/m0/s1. The van der Waals surface area contributed by atoms with Crippen molar-refractivity contribution in [1.82, 2.24) is 15.5 Å². The van der Waals surface area contributed by atoms with Crippen molar-refractivity contribution in [2.24, 2.45) is 0 Å². The van der Waals surface area contributed by atoms with Crippen molar-refractivity contribution in [2.45, 2.75) is 19.6 Å². The van der Waals surface area contributed by atoms with Crippen LogP contribution in [0.25, 0.3) is 0 Å². The molecule has 26 heavy (non-hydrogen) atoms. The number of ether oxygens (including phenoxy) is 1. The molecule has 0 fully saturated rings. The number of nitriles is 1. The molecule has 130 valence electrons. The van der Waals surface area contributed by atoms with Crippen molar-refractivity contribution in [3.63, 3.8) is 0 Å². The molecule has 3 rings (SSSR count). The van der Waals surface area contributed by atoms with Crippen LogP contribution >= 0.6 is 0 Å². The normalized spacial score (nSPS) is 11.4. The molecule has 1 heterocycles. The van der Waals surface area contributed by atoms with Crippen LogP contribution in [0.3, 0.4) is 0 Å². The van der Waals surface area contributed by atoms with Crippen molar-refractivity contribution in [1.29, 1.82) is 5.26 Å². The maximum absolute atomic E-state index is 12.2. The Kier molecular flexibility index (Phi) is 5.30. The van der Waals surface area contributed by atoms with Crippen molar-refractivity contribution in [3.05, 3.63) is 83.2 Å². The van der Waals surface area contributed by atoms with E-state index in [0.717, 1.165) is 5.56 Å². The zero-order valence-corrected chi connectivity index (χ0v) is 14.3. The Morgan fingerprint density at radius 3 is 2.58 bits per heavy atom. The lowest BCUT2D eigenvalue weighted by molar-refractivity contribution is 0.0944. The van der Waals surface area contributed by atoms with Crippen molar-refractivity contribution >= 4 is 5.91 Å². The van der Waals surface area contributed by atoms with Gasteiger partial charge in [0.1, 0.15) is 18.4 Å². The van der Waals surface area contributed by atoms with Crippen LogP contribution in [0.4, 0.5) is 0 Å². The summed E-state index contributed by atoms with van der Waals surface area (Å²) in [6, 6.07) is 18.4. The maximum Gasteiger partial charge on any atom is 0.256 e. The van der Waals surface area contributed by atoms with E-state index in [1.54, 1.807) is 31.2 Å². The minimum Gasteiger partial charge on any atom is -0.489 e. The second-order valence-electron chi connectivity index (χ2n) is 5.79. The van der Waals surface area contributed by atoms with Crippen LogP contribution in [0.1, 0.15) is 33.2 Å². The van der Waals surface area contributed by atoms with Gasteiger partial charge in [0.2, 0.25) is 0 Å². The second kappa shape index (κ2) is 7.99. The van der Waals surface area contributed by atoms with Gasteiger partial charge in [0.25, 0.3) is 5.91 Å². The fraction of sp³-hybridized carbons (Fsp3) is 0.150. The number of benzene rings is 2. The van der Waals surface area contributed by atoms with E-state index in [-0.39, 0.29) is 5.91 Å². The monoisotopic (exact) mass is 346 g/mol. The number of carbonyl (C=O) groups excluding carboxylic acids is 1. The number of aryl methyl sites for hydroxylation is 1. The molecule has 0 aliphatic rings. The van der Waals surface area contributed by atoms with Crippen molar-refractivity contribution < 1.29 is 9.53 Å². The Morgan fingerprint density at radius 2 is 1.96 bits per heavy atom. The molecule has 0 aliphatic carbocycles. The molecule has 0 radical (unpaired) electrons. The fourth-order valence-corrected chi connectivity index (χ4v) is 2.48. The summed E-state index contributed by atoms with van der Waals surface area (Å²) in [5, 5.41) is 18.6. The Labute approximate surface area is 151 Å². The first kappa shape index (κ1) is 17.2. The summed E-state index contributed by atoms with van der Waals surface area (Å²) in [5.74, 6) is 0.360. The van der Waals surface area contributed by atoms with Gasteiger partial charge < -0.3 is 10.1 Å². The first-order valence-corrected chi connectivity index (χ1v) is 8.14. The third kappa shape index (κ3) is 4.08. The number of aromatic nitrogens is 2. The maximum atomic E-state index is 12.2. The lowest BCUT2D eigenvalue weighted by Gasteiger charge is -2.13. The quantitative estimate of drug-likeness (QED) is 0.716. The summed E-state index contributed by atoms with van der Waals surface area (Å²) in [6.45, 7) is 2.22. The van der Waals surface area contributed by atoms with E-state index in [0.29, 0.717) is 29.2 Å². The van der Waals surface area contributed by atoms with Gasteiger partial charge in [-0.05, 0) is 30.2 Å². The van der Waals surface area contributed by atoms with E-state index >= 15 is 0 Å². The third-order valence-electron chi connectivity index (χ3n) is 3.94. The van der Waals surface area contributed by atoms with Crippen LogP contribution in [-0.4, -0.2) is 16.1 Å². The van der Waals surface area contributed by atoms with Gasteiger partial charge in [-0.3, -0.25) is 9.89 Å². The zero-order chi connectivity index (χ0) is 18.4. The van der Waals surface area contributed by atoms with Crippen LogP contribution in [-0.2, 0) is 6.61 Å². The highest BCUT2D eigenvalue weighted by molar-refractivity contribution is 5.95. The first-order valence-electron chi connectivity index (χ1n) is 8.14. The lowest BCUT2D eigenvalue weighted by Crippen LogP contribution is -2.27. The molecule has 3 aromatic rings. The Balaban J connectivity index is 1.63. The Morgan fingerprint density at radius 1 is 1.23 bits per heavy atom. The molecule has 2 aromatic carbocycles. The minimum atomic E-state index is -0.750. The van der Waals surface area contributed by atoms with E-state index in [2.05, 4.69) is 21.6 Å². The summed E-state index contributed by atoms with van der Waals surface area (Å²) < 4.78 is 5.73. The molecule has 0 saturated heterocycles. The molecule has 1 aromatic heterocycles. The largest absolute Gasteiger partial charge is 0.489 e. The van der Waals surface area contributed by atoms with Gasteiger partial charge in [0.15, 0.2) is 0 Å². The number of aromatic amines is 1. The highest BCUT2D eigenvalue weighted by Gasteiger charge is 2.17. The SMILES string of the molecule is Cc1[nH]ncc1C(=O)N[C@@H](C#N)c1ccc(OCc2ccccc2)cc1. The molecule has 0 bridgehead atoms. The topological polar surface area (TPSA) is 90.8 Å². The second-order valence-corrected chi connectivity index (χ2v) is 5.79.